The molecule has 0 radical (unpaired) electrons. The van der Waals surface area contributed by atoms with E-state index in [1.807, 2.05) is 30.3 Å². The molecule has 1 aromatic rings. The molecular weight excluding hydrogens is 210 g/mol. The van der Waals surface area contributed by atoms with Crippen molar-refractivity contribution in [1.82, 2.24) is 0 Å². The molecular formula is C13H16F2O. The molecule has 0 aromatic heterocycles. The van der Waals surface area contributed by atoms with Crippen LogP contribution in [0.2, 0.25) is 0 Å². The van der Waals surface area contributed by atoms with E-state index in [4.69, 9.17) is 4.74 Å². The lowest BCUT2D eigenvalue weighted by atomic mass is 10.1. The van der Waals surface area contributed by atoms with Crippen molar-refractivity contribution >= 4 is 0 Å². The first-order chi connectivity index (χ1) is 7.60. The molecule has 0 spiro atoms. The van der Waals surface area contributed by atoms with Gasteiger partial charge in [0.2, 0.25) is 0 Å². The Balaban J connectivity index is 2.56. The molecule has 3 heteroatoms. The van der Waals surface area contributed by atoms with Gasteiger partial charge in [-0.2, -0.15) is 0 Å². The second kappa shape index (κ2) is 5.75. The van der Waals surface area contributed by atoms with Gasteiger partial charge >= 0.3 is 0 Å². The number of ether oxygens (including phenoxy) is 1. The number of rotatable bonds is 6. The fourth-order valence-electron chi connectivity index (χ4n) is 1.32. The monoisotopic (exact) mass is 226 g/mol. The van der Waals surface area contributed by atoms with Gasteiger partial charge in [-0.15, -0.1) is 6.58 Å². The van der Waals surface area contributed by atoms with E-state index in [9.17, 15) is 8.78 Å². The maximum atomic E-state index is 13.3. The minimum atomic E-state index is -2.85. The Hall–Kier alpha value is -1.22. The van der Waals surface area contributed by atoms with Gasteiger partial charge in [0.15, 0.2) is 0 Å². The van der Waals surface area contributed by atoms with E-state index in [0.717, 1.165) is 11.6 Å². The van der Waals surface area contributed by atoms with E-state index in [2.05, 4.69) is 6.58 Å². The summed E-state index contributed by atoms with van der Waals surface area (Å²) in [5.74, 6) is -2.85. The largest absolute Gasteiger partial charge is 0.363 e. The lowest BCUT2D eigenvalue weighted by Crippen LogP contribution is -2.33. The highest BCUT2D eigenvalue weighted by Crippen LogP contribution is 2.26. The zero-order chi connectivity index (χ0) is 12.0. The number of hydrogen-bond donors (Lipinski definition) is 0. The third-order valence-electron chi connectivity index (χ3n) is 2.37. The summed E-state index contributed by atoms with van der Waals surface area (Å²) < 4.78 is 31.8. The SMILES string of the molecule is C=CC(OCc1ccccc1)C(F)(F)CC. The first kappa shape index (κ1) is 12.8. The molecule has 1 rings (SSSR count). The van der Waals surface area contributed by atoms with Gasteiger partial charge in [-0.25, -0.2) is 8.78 Å². The van der Waals surface area contributed by atoms with Gasteiger partial charge in [-0.3, -0.25) is 0 Å². The molecule has 0 saturated heterocycles. The highest BCUT2D eigenvalue weighted by molar-refractivity contribution is 5.13. The molecule has 0 N–H and O–H groups in total. The molecule has 0 amide bonds. The summed E-state index contributed by atoms with van der Waals surface area (Å²) in [4.78, 5) is 0. The van der Waals surface area contributed by atoms with Crippen LogP contribution in [0.5, 0.6) is 0 Å². The molecule has 0 aliphatic rings. The second-order valence-electron chi connectivity index (χ2n) is 3.57. The van der Waals surface area contributed by atoms with Crippen molar-refractivity contribution in [1.29, 1.82) is 0 Å². The van der Waals surface area contributed by atoms with Crippen molar-refractivity contribution in [2.24, 2.45) is 0 Å². The minimum absolute atomic E-state index is 0.174. The smallest absolute Gasteiger partial charge is 0.277 e. The zero-order valence-electron chi connectivity index (χ0n) is 9.33. The molecule has 0 aliphatic carbocycles. The van der Waals surface area contributed by atoms with E-state index in [1.54, 1.807) is 0 Å². The van der Waals surface area contributed by atoms with Gasteiger partial charge in [0.25, 0.3) is 5.92 Å². The van der Waals surface area contributed by atoms with Gasteiger partial charge in [0.05, 0.1) is 6.61 Å². The quantitative estimate of drug-likeness (QED) is 0.670. The molecule has 0 saturated carbocycles. The van der Waals surface area contributed by atoms with Crippen molar-refractivity contribution in [3.63, 3.8) is 0 Å². The van der Waals surface area contributed by atoms with Gasteiger partial charge in [0, 0.05) is 6.42 Å². The Kier molecular flexibility index (Phi) is 4.62. The molecule has 88 valence electrons. The van der Waals surface area contributed by atoms with Crippen LogP contribution in [-0.2, 0) is 11.3 Å². The molecule has 0 fully saturated rings. The van der Waals surface area contributed by atoms with E-state index in [1.165, 1.54) is 6.92 Å². The van der Waals surface area contributed by atoms with Crippen molar-refractivity contribution in [3.8, 4) is 0 Å². The fraction of sp³-hybridized carbons (Fsp3) is 0.385. The lowest BCUT2D eigenvalue weighted by molar-refractivity contribution is -0.122. The Morgan fingerprint density at radius 1 is 1.38 bits per heavy atom. The van der Waals surface area contributed by atoms with Crippen molar-refractivity contribution < 1.29 is 13.5 Å². The predicted octanol–water partition coefficient (Wildman–Crippen LogP) is 3.80. The summed E-state index contributed by atoms with van der Waals surface area (Å²) in [5.41, 5.74) is 0.876. The maximum absolute atomic E-state index is 13.3. The van der Waals surface area contributed by atoms with Crippen molar-refractivity contribution in [2.45, 2.75) is 32.0 Å². The number of hydrogen-bond acceptors (Lipinski definition) is 1. The van der Waals surface area contributed by atoms with Crippen LogP contribution < -0.4 is 0 Å². The van der Waals surface area contributed by atoms with Crippen LogP contribution in [0.15, 0.2) is 43.0 Å². The number of alkyl halides is 2. The van der Waals surface area contributed by atoms with Gasteiger partial charge in [-0.05, 0) is 5.56 Å². The van der Waals surface area contributed by atoms with Gasteiger partial charge in [-0.1, -0.05) is 43.3 Å². The predicted molar refractivity (Wildman–Crippen MR) is 60.5 cm³/mol. The summed E-state index contributed by atoms with van der Waals surface area (Å²) in [7, 11) is 0. The van der Waals surface area contributed by atoms with Crippen LogP contribution in [0.1, 0.15) is 18.9 Å². The molecule has 1 aromatic carbocycles. The summed E-state index contributed by atoms with van der Waals surface area (Å²) >= 11 is 0. The third-order valence-corrected chi connectivity index (χ3v) is 2.37. The average Bonchev–Trinajstić information content (AvgIpc) is 2.31. The molecule has 16 heavy (non-hydrogen) atoms. The van der Waals surface area contributed by atoms with Crippen LogP contribution in [0.4, 0.5) is 8.78 Å². The van der Waals surface area contributed by atoms with Crippen LogP contribution in [-0.4, -0.2) is 12.0 Å². The Bertz CT molecular complexity index is 322. The normalized spacial score (nSPS) is 13.4. The Morgan fingerprint density at radius 2 is 2.00 bits per heavy atom. The standard InChI is InChI=1S/C13H16F2O/c1-3-12(13(14,15)4-2)16-10-11-8-6-5-7-9-11/h3,5-9,12H,1,4,10H2,2H3. The van der Waals surface area contributed by atoms with Gasteiger partial charge in [0.1, 0.15) is 6.10 Å². The zero-order valence-corrected chi connectivity index (χ0v) is 9.33. The van der Waals surface area contributed by atoms with E-state index < -0.39 is 12.0 Å². The van der Waals surface area contributed by atoms with Crippen molar-refractivity contribution in [2.75, 3.05) is 0 Å². The first-order valence-corrected chi connectivity index (χ1v) is 5.26. The van der Waals surface area contributed by atoms with Crippen LogP contribution >= 0.6 is 0 Å². The lowest BCUT2D eigenvalue weighted by Gasteiger charge is -2.23. The third kappa shape index (κ3) is 3.42. The van der Waals surface area contributed by atoms with E-state index in [0.29, 0.717) is 0 Å². The molecule has 1 unspecified atom stereocenters. The fourth-order valence-corrected chi connectivity index (χ4v) is 1.32. The number of halogens is 2. The molecule has 0 heterocycles. The van der Waals surface area contributed by atoms with Crippen LogP contribution in [0, 0.1) is 0 Å². The Labute approximate surface area is 94.7 Å². The molecule has 0 bridgehead atoms. The summed E-state index contributed by atoms with van der Waals surface area (Å²) in [5, 5.41) is 0. The average molecular weight is 226 g/mol. The highest BCUT2D eigenvalue weighted by atomic mass is 19.3. The molecule has 1 atom stereocenters. The highest BCUT2D eigenvalue weighted by Gasteiger charge is 2.36. The number of benzene rings is 1. The van der Waals surface area contributed by atoms with Crippen LogP contribution in [0.3, 0.4) is 0 Å². The summed E-state index contributed by atoms with van der Waals surface area (Å²) in [6, 6.07) is 9.24. The maximum Gasteiger partial charge on any atom is 0.277 e. The van der Waals surface area contributed by atoms with E-state index >= 15 is 0 Å². The molecule has 1 nitrogen and oxygen atoms in total. The van der Waals surface area contributed by atoms with E-state index in [-0.39, 0.29) is 13.0 Å². The van der Waals surface area contributed by atoms with Crippen molar-refractivity contribution in [3.05, 3.63) is 48.6 Å². The second-order valence-corrected chi connectivity index (χ2v) is 3.57. The topological polar surface area (TPSA) is 9.23 Å². The van der Waals surface area contributed by atoms with Crippen LogP contribution in [0.25, 0.3) is 0 Å². The summed E-state index contributed by atoms with van der Waals surface area (Å²) in [6.45, 7) is 4.99. The molecule has 0 aliphatic heterocycles. The minimum Gasteiger partial charge on any atom is -0.363 e. The Morgan fingerprint density at radius 3 is 2.50 bits per heavy atom. The summed E-state index contributed by atoms with van der Waals surface area (Å²) in [6.07, 6.45) is -0.317. The van der Waals surface area contributed by atoms with Gasteiger partial charge < -0.3 is 4.74 Å². The first-order valence-electron chi connectivity index (χ1n) is 5.26.